The van der Waals surface area contributed by atoms with E-state index in [0.29, 0.717) is 17.1 Å². The molecule has 2 N–H and O–H groups in total. The number of nitrogens with one attached hydrogen (secondary N) is 2. The number of benzene rings is 1. The van der Waals surface area contributed by atoms with Gasteiger partial charge in [0.1, 0.15) is 17.5 Å². The minimum atomic E-state index is -0.533. The van der Waals surface area contributed by atoms with Crippen LogP contribution in [0.1, 0.15) is 5.56 Å². The summed E-state index contributed by atoms with van der Waals surface area (Å²) in [6.07, 6.45) is 1.58. The van der Waals surface area contributed by atoms with E-state index in [1.807, 2.05) is 12.1 Å². The third kappa shape index (κ3) is 4.15. The number of hydrogen-bond donors (Lipinski definition) is 2. The Bertz CT molecular complexity index is 1010. The molecule has 0 aliphatic rings. The van der Waals surface area contributed by atoms with Crippen molar-refractivity contribution in [1.29, 1.82) is 5.26 Å². The summed E-state index contributed by atoms with van der Waals surface area (Å²) in [6, 6.07) is 16.0. The van der Waals surface area contributed by atoms with Crippen molar-refractivity contribution in [3.8, 4) is 17.3 Å². The molecule has 128 valence electrons. The molecule has 2 heterocycles. The standard InChI is InChI=1S/C18H13N5O2S/c19-10-13-16(12-6-2-1-3-7-12)22-18(23-17(13)25)26-11-15(24)21-14-8-4-5-9-20-14/h1-9H,11H2,(H,20,21,24)(H,22,23,25). The molecule has 0 bridgehead atoms. The molecule has 2 aromatic heterocycles. The quantitative estimate of drug-likeness (QED) is 0.532. The maximum absolute atomic E-state index is 12.2. The van der Waals surface area contributed by atoms with Crippen molar-refractivity contribution < 1.29 is 4.79 Å². The summed E-state index contributed by atoms with van der Waals surface area (Å²) in [4.78, 5) is 35.1. The number of anilines is 1. The van der Waals surface area contributed by atoms with E-state index in [0.717, 1.165) is 11.8 Å². The molecule has 7 nitrogen and oxygen atoms in total. The van der Waals surface area contributed by atoms with Crippen molar-refractivity contribution in [1.82, 2.24) is 15.0 Å². The minimum Gasteiger partial charge on any atom is -0.310 e. The number of pyridine rings is 1. The topological polar surface area (TPSA) is 112 Å². The van der Waals surface area contributed by atoms with Gasteiger partial charge in [0.25, 0.3) is 5.56 Å². The first-order chi connectivity index (χ1) is 12.7. The van der Waals surface area contributed by atoms with Crippen molar-refractivity contribution in [3.05, 3.63) is 70.6 Å². The fourth-order valence-corrected chi connectivity index (χ4v) is 2.84. The highest BCUT2D eigenvalue weighted by Gasteiger charge is 2.14. The molecule has 8 heteroatoms. The molecule has 3 rings (SSSR count). The van der Waals surface area contributed by atoms with Crippen LogP contribution in [0, 0.1) is 11.3 Å². The molecule has 0 aliphatic heterocycles. The van der Waals surface area contributed by atoms with Crippen LogP contribution in [0.2, 0.25) is 0 Å². The van der Waals surface area contributed by atoms with Crippen molar-refractivity contribution in [2.45, 2.75) is 5.16 Å². The van der Waals surface area contributed by atoms with Crippen molar-refractivity contribution in [2.75, 3.05) is 11.1 Å². The lowest BCUT2D eigenvalue weighted by Gasteiger charge is -2.07. The minimum absolute atomic E-state index is 0.0413. The van der Waals surface area contributed by atoms with Crippen LogP contribution in [0.25, 0.3) is 11.3 Å². The number of thioether (sulfide) groups is 1. The molecule has 0 radical (unpaired) electrons. The van der Waals surface area contributed by atoms with Gasteiger partial charge in [0.15, 0.2) is 5.16 Å². The molecular weight excluding hydrogens is 350 g/mol. The van der Waals surface area contributed by atoms with Gasteiger partial charge in [-0.1, -0.05) is 48.2 Å². The van der Waals surface area contributed by atoms with Gasteiger partial charge in [0.05, 0.1) is 11.4 Å². The van der Waals surface area contributed by atoms with Crippen LogP contribution in [-0.4, -0.2) is 26.6 Å². The van der Waals surface area contributed by atoms with Gasteiger partial charge >= 0.3 is 0 Å². The number of aromatic nitrogens is 3. The normalized spacial score (nSPS) is 10.1. The Morgan fingerprint density at radius 2 is 1.96 bits per heavy atom. The number of nitriles is 1. The Hall–Kier alpha value is -3.44. The fourth-order valence-electron chi connectivity index (χ4n) is 2.18. The lowest BCUT2D eigenvalue weighted by molar-refractivity contribution is -0.113. The van der Waals surface area contributed by atoms with Crippen LogP contribution in [0.4, 0.5) is 5.82 Å². The molecule has 0 atom stereocenters. The second-order valence-electron chi connectivity index (χ2n) is 5.12. The van der Waals surface area contributed by atoms with Gasteiger partial charge in [-0.3, -0.25) is 9.59 Å². The summed E-state index contributed by atoms with van der Waals surface area (Å²) in [5, 5.41) is 12.2. The molecule has 3 aromatic rings. The van der Waals surface area contributed by atoms with Gasteiger partial charge in [-0.15, -0.1) is 0 Å². The molecule has 0 saturated carbocycles. The number of amides is 1. The molecule has 0 unspecified atom stereocenters. The fraction of sp³-hybridized carbons (Fsp3) is 0.0556. The number of rotatable bonds is 5. The van der Waals surface area contributed by atoms with Crippen molar-refractivity contribution in [2.24, 2.45) is 0 Å². The van der Waals surface area contributed by atoms with Gasteiger partial charge in [-0.05, 0) is 12.1 Å². The van der Waals surface area contributed by atoms with Gasteiger partial charge in [-0.25, -0.2) is 9.97 Å². The van der Waals surface area contributed by atoms with Crippen LogP contribution >= 0.6 is 11.8 Å². The number of hydrogen-bond acceptors (Lipinski definition) is 6. The first-order valence-corrected chi connectivity index (χ1v) is 8.59. The first-order valence-electron chi connectivity index (χ1n) is 7.61. The Balaban J connectivity index is 1.79. The summed E-state index contributed by atoms with van der Waals surface area (Å²) in [7, 11) is 0. The number of carbonyl (C=O) groups excluding carboxylic acids is 1. The predicted octanol–water partition coefficient (Wildman–Crippen LogP) is 2.43. The third-order valence-corrected chi connectivity index (χ3v) is 4.20. The highest BCUT2D eigenvalue weighted by atomic mass is 32.2. The molecule has 0 saturated heterocycles. The number of carbonyl (C=O) groups is 1. The van der Waals surface area contributed by atoms with E-state index < -0.39 is 5.56 Å². The molecule has 26 heavy (non-hydrogen) atoms. The zero-order chi connectivity index (χ0) is 18.4. The lowest BCUT2D eigenvalue weighted by Crippen LogP contribution is -2.17. The molecule has 0 fully saturated rings. The van der Waals surface area contributed by atoms with E-state index in [9.17, 15) is 14.9 Å². The second-order valence-corrected chi connectivity index (χ2v) is 6.09. The van der Waals surface area contributed by atoms with E-state index >= 15 is 0 Å². The number of nitrogens with zero attached hydrogens (tertiary/aromatic N) is 3. The van der Waals surface area contributed by atoms with Crippen LogP contribution in [-0.2, 0) is 4.79 Å². The number of aromatic amines is 1. The Kier molecular flexibility index (Phi) is 5.41. The molecule has 0 aliphatic carbocycles. The largest absolute Gasteiger partial charge is 0.310 e. The van der Waals surface area contributed by atoms with E-state index in [-0.39, 0.29) is 22.4 Å². The average molecular weight is 363 g/mol. The summed E-state index contributed by atoms with van der Waals surface area (Å²) in [6.45, 7) is 0. The van der Waals surface area contributed by atoms with E-state index in [4.69, 9.17) is 0 Å². The Morgan fingerprint density at radius 1 is 1.19 bits per heavy atom. The van der Waals surface area contributed by atoms with Crippen LogP contribution in [0.3, 0.4) is 0 Å². The highest BCUT2D eigenvalue weighted by molar-refractivity contribution is 7.99. The maximum atomic E-state index is 12.2. The maximum Gasteiger partial charge on any atom is 0.270 e. The van der Waals surface area contributed by atoms with Crippen LogP contribution in [0.5, 0.6) is 0 Å². The van der Waals surface area contributed by atoms with Crippen molar-refractivity contribution in [3.63, 3.8) is 0 Å². The summed E-state index contributed by atoms with van der Waals surface area (Å²) < 4.78 is 0. The Labute approximate surface area is 153 Å². The summed E-state index contributed by atoms with van der Waals surface area (Å²) in [5.74, 6) is 0.214. The lowest BCUT2D eigenvalue weighted by atomic mass is 10.1. The summed E-state index contributed by atoms with van der Waals surface area (Å²) >= 11 is 1.07. The van der Waals surface area contributed by atoms with Crippen molar-refractivity contribution >= 4 is 23.5 Å². The highest BCUT2D eigenvalue weighted by Crippen LogP contribution is 2.21. The molecule has 0 spiro atoms. The SMILES string of the molecule is N#Cc1c(-c2ccccc2)nc(SCC(=O)Nc2ccccn2)[nH]c1=O. The van der Waals surface area contributed by atoms with E-state index in [1.165, 1.54) is 0 Å². The van der Waals surface area contributed by atoms with Gasteiger partial charge < -0.3 is 10.3 Å². The molecule has 1 amide bonds. The first kappa shape index (κ1) is 17.4. The van der Waals surface area contributed by atoms with Gasteiger partial charge in [-0.2, -0.15) is 5.26 Å². The smallest absolute Gasteiger partial charge is 0.270 e. The molecular formula is C18H13N5O2S. The third-order valence-electron chi connectivity index (χ3n) is 3.33. The second kappa shape index (κ2) is 8.09. The monoisotopic (exact) mass is 363 g/mol. The molecule has 1 aromatic carbocycles. The zero-order valence-electron chi connectivity index (χ0n) is 13.5. The zero-order valence-corrected chi connectivity index (χ0v) is 14.3. The average Bonchev–Trinajstić information content (AvgIpc) is 2.67. The van der Waals surface area contributed by atoms with Crippen LogP contribution < -0.4 is 10.9 Å². The van der Waals surface area contributed by atoms with Gasteiger partial charge in [0, 0.05) is 11.8 Å². The van der Waals surface area contributed by atoms with Crippen LogP contribution in [0.15, 0.2) is 64.7 Å². The summed E-state index contributed by atoms with van der Waals surface area (Å²) in [5.41, 5.74) is 0.367. The van der Waals surface area contributed by atoms with E-state index in [1.54, 1.807) is 48.7 Å². The Morgan fingerprint density at radius 3 is 2.65 bits per heavy atom. The van der Waals surface area contributed by atoms with Gasteiger partial charge in [0.2, 0.25) is 5.91 Å². The van der Waals surface area contributed by atoms with E-state index in [2.05, 4.69) is 20.3 Å². The predicted molar refractivity (Wildman–Crippen MR) is 98.6 cm³/mol. The number of H-pyrrole nitrogens is 1.